The van der Waals surface area contributed by atoms with Gasteiger partial charge in [0, 0.05) is 25.4 Å². The molecule has 3 atom stereocenters. The fourth-order valence-corrected chi connectivity index (χ4v) is 3.87. The van der Waals surface area contributed by atoms with Crippen LogP contribution in [0.5, 0.6) is 0 Å². The van der Waals surface area contributed by atoms with Gasteiger partial charge in [-0.05, 0) is 18.4 Å². The number of hydrogen-bond donors (Lipinski definition) is 0. The molecule has 8 nitrogen and oxygen atoms in total. The predicted molar refractivity (Wildman–Crippen MR) is 111 cm³/mol. The lowest BCUT2D eigenvalue weighted by Gasteiger charge is -2.30. The summed E-state index contributed by atoms with van der Waals surface area (Å²) in [6.45, 7) is 3.38. The fraction of sp³-hybridized carbons (Fsp3) is 0.571. The van der Waals surface area contributed by atoms with Crippen molar-refractivity contribution >= 4 is 10.1 Å². The Morgan fingerprint density at radius 1 is 1.33 bits per heavy atom. The van der Waals surface area contributed by atoms with E-state index in [9.17, 15) is 8.42 Å². The monoisotopic (exact) mass is 438 g/mol. The van der Waals surface area contributed by atoms with Gasteiger partial charge in [-0.3, -0.25) is 4.18 Å². The normalized spacial score (nSPS) is 22.9. The minimum Gasteiger partial charge on any atom is -0.374 e. The average Bonchev–Trinajstić information content (AvgIpc) is 3.37. The molecule has 1 aromatic heterocycles. The Labute approximate surface area is 178 Å². The first kappa shape index (κ1) is 22.9. The van der Waals surface area contributed by atoms with Gasteiger partial charge in [-0.1, -0.05) is 37.3 Å². The van der Waals surface area contributed by atoms with Crippen LogP contribution < -0.4 is 0 Å². The van der Waals surface area contributed by atoms with E-state index >= 15 is 0 Å². The molecule has 30 heavy (non-hydrogen) atoms. The van der Waals surface area contributed by atoms with Crippen LogP contribution in [-0.4, -0.2) is 55.9 Å². The van der Waals surface area contributed by atoms with Crippen molar-refractivity contribution in [3.63, 3.8) is 0 Å². The summed E-state index contributed by atoms with van der Waals surface area (Å²) in [4.78, 5) is 4.09. The van der Waals surface area contributed by atoms with Crippen molar-refractivity contribution in [1.29, 1.82) is 0 Å². The molecule has 2 heterocycles. The molecule has 1 aliphatic heterocycles. The second-order valence-electron chi connectivity index (χ2n) is 7.49. The maximum absolute atomic E-state index is 11.3. The standard InChI is InChI=1S/C21H30N2O6S/c1-3-13-26-20(18-7-5-4-6-8-18)9-10-21(16-23-12-11-22-17-23)27-14-19(29-21)15-28-30(2,24)25/h4-8,11-12,17,19-20H,3,9-10,13-16H2,1-2H3. The van der Waals surface area contributed by atoms with Crippen LogP contribution in [0.4, 0.5) is 0 Å². The molecule has 0 N–H and O–H groups in total. The fourth-order valence-electron chi connectivity index (χ4n) is 3.47. The summed E-state index contributed by atoms with van der Waals surface area (Å²) in [6.07, 6.45) is 7.93. The molecule has 1 saturated heterocycles. The zero-order valence-corrected chi connectivity index (χ0v) is 18.3. The van der Waals surface area contributed by atoms with Crippen LogP contribution in [0.3, 0.4) is 0 Å². The summed E-state index contributed by atoms with van der Waals surface area (Å²) in [5.41, 5.74) is 1.11. The van der Waals surface area contributed by atoms with Gasteiger partial charge in [-0.15, -0.1) is 0 Å². The second kappa shape index (κ2) is 10.5. The third-order valence-electron chi connectivity index (χ3n) is 4.85. The molecular formula is C21H30N2O6S. The summed E-state index contributed by atoms with van der Waals surface area (Å²) in [7, 11) is -3.54. The molecule has 0 spiro atoms. The Bertz CT molecular complexity index is 859. The van der Waals surface area contributed by atoms with E-state index in [-0.39, 0.29) is 19.3 Å². The van der Waals surface area contributed by atoms with Gasteiger partial charge in [-0.25, -0.2) is 4.98 Å². The van der Waals surface area contributed by atoms with Crippen molar-refractivity contribution in [1.82, 2.24) is 9.55 Å². The predicted octanol–water partition coefficient (Wildman–Crippen LogP) is 2.92. The Balaban J connectivity index is 1.70. The lowest BCUT2D eigenvalue weighted by Crippen LogP contribution is -2.37. The van der Waals surface area contributed by atoms with Crippen LogP contribution in [0.15, 0.2) is 49.1 Å². The zero-order valence-electron chi connectivity index (χ0n) is 17.5. The van der Waals surface area contributed by atoms with E-state index in [0.29, 0.717) is 26.0 Å². The quantitative estimate of drug-likeness (QED) is 0.471. The number of imidazole rings is 1. The Morgan fingerprint density at radius 2 is 2.13 bits per heavy atom. The van der Waals surface area contributed by atoms with E-state index in [1.165, 1.54) is 0 Å². The topological polar surface area (TPSA) is 88.9 Å². The second-order valence-corrected chi connectivity index (χ2v) is 9.14. The first-order valence-electron chi connectivity index (χ1n) is 10.2. The highest BCUT2D eigenvalue weighted by Crippen LogP contribution is 2.35. The van der Waals surface area contributed by atoms with Gasteiger partial charge < -0.3 is 18.8 Å². The third kappa shape index (κ3) is 6.88. The summed E-state index contributed by atoms with van der Waals surface area (Å²) in [5, 5.41) is 0. The van der Waals surface area contributed by atoms with E-state index in [1.807, 2.05) is 29.0 Å². The number of nitrogens with zero attached hydrogens (tertiary/aromatic N) is 2. The molecule has 1 aromatic carbocycles. The van der Waals surface area contributed by atoms with Crippen LogP contribution in [0.25, 0.3) is 0 Å². The van der Waals surface area contributed by atoms with Crippen LogP contribution in [0.1, 0.15) is 37.9 Å². The van der Waals surface area contributed by atoms with E-state index in [0.717, 1.165) is 18.2 Å². The number of hydrogen-bond acceptors (Lipinski definition) is 7. The maximum Gasteiger partial charge on any atom is 0.264 e. The van der Waals surface area contributed by atoms with Crippen LogP contribution in [-0.2, 0) is 35.1 Å². The first-order chi connectivity index (χ1) is 14.4. The zero-order chi connectivity index (χ0) is 21.5. The number of rotatable bonds is 12. The molecule has 3 unspecified atom stereocenters. The maximum atomic E-state index is 11.3. The van der Waals surface area contributed by atoms with Crippen molar-refractivity contribution in [2.24, 2.45) is 0 Å². The van der Waals surface area contributed by atoms with Crippen molar-refractivity contribution in [3.05, 3.63) is 54.6 Å². The largest absolute Gasteiger partial charge is 0.374 e. The molecule has 0 radical (unpaired) electrons. The molecule has 0 aliphatic carbocycles. The molecule has 1 fully saturated rings. The van der Waals surface area contributed by atoms with Gasteiger partial charge in [-0.2, -0.15) is 8.42 Å². The third-order valence-corrected chi connectivity index (χ3v) is 5.41. The summed E-state index contributed by atoms with van der Waals surface area (Å²) >= 11 is 0. The van der Waals surface area contributed by atoms with Crippen molar-refractivity contribution in [2.45, 2.75) is 50.7 Å². The Morgan fingerprint density at radius 3 is 2.80 bits per heavy atom. The minimum atomic E-state index is -3.54. The lowest BCUT2D eigenvalue weighted by atomic mass is 10.0. The van der Waals surface area contributed by atoms with Gasteiger partial charge in [0.1, 0.15) is 6.10 Å². The van der Waals surface area contributed by atoms with Gasteiger partial charge in [0.2, 0.25) is 0 Å². The number of aromatic nitrogens is 2. The van der Waals surface area contributed by atoms with Gasteiger partial charge in [0.25, 0.3) is 10.1 Å². The molecule has 2 aromatic rings. The van der Waals surface area contributed by atoms with Gasteiger partial charge >= 0.3 is 0 Å². The molecule has 9 heteroatoms. The molecule has 0 bridgehead atoms. The molecule has 0 amide bonds. The molecular weight excluding hydrogens is 408 g/mol. The number of ether oxygens (including phenoxy) is 3. The molecule has 0 saturated carbocycles. The first-order valence-corrected chi connectivity index (χ1v) is 12.0. The minimum absolute atomic E-state index is 0.0705. The van der Waals surface area contributed by atoms with E-state index < -0.39 is 22.0 Å². The molecule has 166 valence electrons. The number of benzene rings is 1. The highest BCUT2D eigenvalue weighted by Gasteiger charge is 2.42. The van der Waals surface area contributed by atoms with E-state index in [2.05, 4.69) is 24.0 Å². The molecule has 3 rings (SSSR count). The van der Waals surface area contributed by atoms with Crippen molar-refractivity contribution < 1.29 is 26.8 Å². The average molecular weight is 439 g/mol. The smallest absolute Gasteiger partial charge is 0.264 e. The van der Waals surface area contributed by atoms with Gasteiger partial charge in [0.05, 0.1) is 38.4 Å². The Hall–Kier alpha value is -1.78. The van der Waals surface area contributed by atoms with Crippen LogP contribution in [0.2, 0.25) is 0 Å². The summed E-state index contributed by atoms with van der Waals surface area (Å²) in [6, 6.07) is 10.1. The van der Waals surface area contributed by atoms with Crippen molar-refractivity contribution in [2.75, 3.05) is 26.1 Å². The van der Waals surface area contributed by atoms with Crippen molar-refractivity contribution in [3.8, 4) is 0 Å². The van der Waals surface area contributed by atoms with Crippen LogP contribution in [0, 0.1) is 0 Å². The van der Waals surface area contributed by atoms with Crippen LogP contribution >= 0.6 is 0 Å². The highest BCUT2D eigenvalue weighted by atomic mass is 32.2. The van der Waals surface area contributed by atoms with Gasteiger partial charge in [0.15, 0.2) is 5.79 Å². The SMILES string of the molecule is CCCOC(CCC1(Cn2ccnc2)OCC(COS(C)(=O)=O)O1)c1ccccc1. The lowest BCUT2D eigenvalue weighted by molar-refractivity contribution is -0.189. The van der Waals surface area contributed by atoms with E-state index in [1.54, 1.807) is 12.5 Å². The summed E-state index contributed by atoms with van der Waals surface area (Å²) < 4.78 is 47.8. The van der Waals surface area contributed by atoms with E-state index in [4.69, 9.17) is 18.4 Å². The summed E-state index contributed by atoms with van der Waals surface area (Å²) in [5.74, 6) is -0.908. The Kier molecular flexibility index (Phi) is 8.01. The highest BCUT2D eigenvalue weighted by molar-refractivity contribution is 7.85. The molecule has 1 aliphatic rings.